The molecule has 1 aliphatic heterocycles. The number of rotatable bonds is 7. The maximum atomic E-state index is 12.6. The van der Waals surface area contributed by atoms with Crippen LogP contribution in [0.1, 0.15) is 44.2 Å². The fourth-order valence-electron chi connectivity index (χ4n) is 3.24. The summed E-state index contributed by atoms with van der Waals surface area (Å²) in [5, 5.41) is 38.6. The zero-order valence-electron chi connectivity index (χ0n) is 16.2. The van der Waals surface area contributed by atoms with E-state index in [9.17, 15) is 24.9 Å². The van der Waals surface area contributed by atoms with Gasteiger partial charge in [-0.25, -0.2) is 4.79 Å². The molecule has 156 valence electrons. The Balaban J connectivity index is 2.11. The molecule has 0 unspecified atom stereocenters. The second kappa shape index (κ2) is 9.47. The lowest BCUT2D eigenvalue weighted by molar-refractivity contribution is -0.286. The van der Waals surface area contributed by atoms with Crippen LogP contribution in [-0.4, -0.2) is 63.1 Å². The fourth-order valence-corrected chi connectivity index (χ4v) is 3.24. The van der Waals surface area contributed by atoms with E-state index in [4.69, 9.17) is 14.6 Å². The summed E-state index contributed by atoms with van der Waals surface area (Å²) in [6.45, 7) is 6.03. The summed E-state index contributed by atoms with van der Waals surface area (Å²) in [4.78, 5) is 23.8. The van der Waals surface area contributed by atoms with Gasteiger partial charge in [-0.05, 0) is 29.9 Å². The number of ether oxygens (including phenoxy) is 2. The van der Waals surface area contributed by atoms with Crippen LogP contribution in [0.5, 0.6) is 0 Å². The molecular weight excluding hydrogens is 368 g/mol. The van der Waals surface area contributed by atoms with Crippen LogP contribution in [0.2, 0.25) is 0 Å². The number of benzene rings is 1. The number of aliphatic hydroxyl groups is 3. The Morgan fingerprint density at radius 1 is 1.07 bits per heavy atom. The quantitative estimate of drug-likeness (QED) is 0.498. The molecule has 0 radical (unpaired) electrons. The molecule has 0 spiro atoms. The van der Waals surface area contributed by atoms with Crippen LogP contribution in [0.4, 0.5) is 0 Å². The van der Waals surface area contributed by atoms with Gasteiger partial charge in [0.05, 0.1) is 5.92 Å². The Morgan fingerprint density at radius 2 is 1.68 bits per heavy atom. The van der Waals surface area contributed by atoms with Crippen molar-refractivity contribution in [1.29, 1.82) is 0 Å². The van der Waals surface area contributed by atoms with Gasteiger partial charge in [0.25, 0.3) is 0 Å². The molecular formula is C20H28O8. The molecule has 6 atom stereocenters. The molecule has 1 aromatic rings. The number of aliphatic hydroxyl groups excluding tert-OH is 3. The first-order chi connectivity index (χ1) is 13.1. The first-order valence-corrected chi connectivity index (χ1v) is 9.37. The average Bonchev–Trinajstić information content (AvgIpc) is 2.63. The Bertz CT molecular complexity index is 671. The number of hydrogen-bond acceptors (Lipinski definition) is 7. The number of hydrogen-bond donors (Lipinski definition) is 4. The van der Waals surface area contributed by atoms with E-state index in [1.807, 2.05) is 24.3 Å². The van der Waals surface area contributed by atoms with Crippen molar-refractivity contribution in [1.82, 2.24) is 0 Å². The van der Waals surface area contributed by atoms with Gasteiger partial charge in [-0.15, -0.1) is 0 Å². The summed E-state index contributed by atoms with van der Waals surface area (Å²) in [5.41, 5.74) is 1.87. The SMILES string of the molecule is CC[C@H](C(=O)O[C@@H]1O[C@H](C(=O)O)[C@@H](O)[C@H](O)[C@H]1O)c1ccc(CC(C)C)cc1. The minimum Gasteiger partial charge on any atom is -0.479 e. The van der Waals surface area contributed by atoms with Crippen LogP contribution in [0, 0.1) is 5.92 Å². The molecule has 8 nitrogen and oxygen atoms in total. The van der Waals surface area contributed by atoms with E-state index >= 15 is 0 Å². The molecule has 0 aromatic heterocycles. The third kappa shape index (κ3) is 5.08. The zero-order chi connectivity index (χ0) is 21.0. The van der Waals surface area contributed by atoms with E-state index in [2.05, 4.69) is 13.8 Å². The van der Waals surface area contributed by atoms with Crippen molar-refractivity contribution in [3.05, 3.63) is 35.4 Å². The molecule has 1 saturated heterocycles. The van der Waals surface area contributed by atoms with Crippen molar-refractivity contribution in [2.24, 2.45) is 5.92 Å². The van der Waals surface area contributed by atoms with Gasteiger partial charge in [-0.2, -0.15) is 0 Å². The van der Waals surface area contributed by atoms with Gasteiger partial charge in [0, 0.05) is 0 Å². The first-order valence-electron chi connectivity index (χ1n) is 9.37. The third-order valence-electron chi connectivity index (χ3n) is 4.76. The summed E-state index contributed by atoms with van der Waals surface area (Å²) in [6, 6.07) is 7.56. The molecule has 0 aliphatic carbocycles. The van der Waals surface area contributed by atoms with Gasteiger partial charge in [0.2, 0.25) is 6.29 Å². The Hall–Kier alpha value is -2.00. The highest BCUT2D eigenvalue weighted by molar-refractivity contribution is 5.78. The van der Waals surface area contributed by atoms with E-state index in [1.165, 1.54) is 0 Å². The van der Waals surface area contributed by atoms with Crippen molar-refractivity contribution < 1.29 is 39.5 Å². The molecule has 0 amide bonds. The van der Waals surface area contributed by atoms with Crippen LogP contribution >= 0.6 is 0 Å². The molecule has 8 heteroatoms. The highest BCUT2D eigenvalue weighted by Crippen LogP contribution is 2.27. The normalized spacial score (nSPS) is 28.8. The van der Waals surface area contributed by atoms with E-state index in [0.717, 1.165) is 17.5 Å². The predicted octanol–water partition coefficient (Wildman–Crippen LogP) is 0.814. The summed E-state index contributed by atoms with van der Waals surface area (Å²) < 4.78 is 10.2. The minimum absolute atomic E-state index is 0.415. The second-order valence-electron chi connectivity index (χ2n) is 7.47. The van der Waals surface area contributed by atoms with Crippen LogP contribution in [-0.2, 0) is 25.5 Å². The smallest absolute Gasteiger partial charge is 0.335 e. The minimum atomic E-state index is -1.84. The summed E-state index contributed by atoms with van der Waals surface area (Å²) >= 11 is 0. The molecule has 1 aliphatic rings. The molecule has 2 rings (SSSR count). The lowest BCUT2D eigenvalue weighted by atomic mass is 9.94. The van der Waals surface area contributed by atoms with E-state index < -0.39 is 48.6 Å². The van der Waals surface area contributed by atoms with Crippen molar-refractivity contribution >= 4 is 11.9 Å². The lowest BCUT2D eigenvalue weighted by Gasteiger charge is -2.38. The topological polar surface area (TPSA) is 134 Å². The number of carbonyl (C=O) groups is 2. The van der Waals surface area contributed by atoms with Crippen LogP contribution in [0.15, 0.2) is 24.3 Å². The number of carboxylic acids is 1. The van der Waals surface area contributed by atoms with E-state index in [1.54, 1.807) is 6.92 Å². The van der Waals surface area contributed by atoms with Crippen molar-refractivity contribution in [3.63, 3.8) is 0 Å². The summed E-state index contributed by atoms with van der Waals surface area (Å²) in [5.74, 6) is -2.38. The number of aliphatic carboxylic acids is 1. The molecule has 1 fully saturated rings. The Kier molecular flexibility index (Phi) is 7.54. The number of carbonyl (C=O) groups excluding carboxylic acids is 1. The molecule has 28 heavy (non-hydrogen) atoms. The number of carboxylic acid groups (broad SMARTS) is 1. The van der Waals surface area contributed by atoms with Gasteiger partial charge in [-0.3, -0.25) is 4.79 Å². The first kappa shape index (κ1) is 22.3. The predicted molar refractivity (Wildman–Crippen MR) is 98.4 cm³/mol. The molecule has 0 bridgehead atoms. The molecule has 1 heterocycles. The van der Waals surface area contributed by atoms with Crippen LogP contribution in [0.25, 0.3) is 0 Å². The maximum Gasteiger partial charge on any atom is 0.335 e. The van der Waals surface area contributed by atoms with Gasteiger partial charge in [-0.1, -0.05) is 45.0 Å². The van der Waals surface area contributed by atoms with Gasteiger partial charge in [0.15, 0.2) is 6.10 Å². The third-order valence-corrected chi connectivity index (χ3v) is 4.76. The number of esters is 1. The van der Waals surface area contributed by atoms with E-state index in [-0.39, 0.29) is 0 Å². The van der Waals surface area contributed by atoms with E-state index in [0.29, 0.717) is 12.3 Å². The second-order valence-corrected chi connectivity index (χ2v) is 7.47. The van der Waals surface area contributed by atoms with Gasteiger partial charge < -0.3 is 29.9 Å². The van der Waals surface area contributed by atoms with Crippen molar-refractivity contribution in [3.8, 4) is 0 Å². The molecule has 0 saturated carbocycles. The largest absolute Gasteiger partial charge is 0.479 e. The monoisotopic (exact) mass is 396 g/mol. The Morgan fingerprint density at radius 3 is 2.18 bits per heavy atom. The van der Waals surface area contributed by atoms with Crippen LogP contribution < -0.4 is 0 Å². The van der Waals surface area contributed by atoms with Crippen molar-refractivity contribution in [2.75, 3.05) is 0 Å². The van der Waals surface area contributed by atoms with Gasteiger partial charge in [0.1, 0.15) is 18.3 Å². The highest BCUT2D eigenvalue weighted by atomic mass is 16.7. The van der Waals surface area contributed by atoms with Crippen molar-refractivity contribution in [2.45, 2.75) is 70.2 Å². The van der Waals surface area contributed by atoms with Crippen LogP contribution in [0.3, 0.4) is 0 Å². The average molecular weight is 396 g/mol. The highest BCUT2D eigenvalue weighted by Gasteiger charge is 2.48. The Labute approximate surface area is 163 Å². The fraction of sp³-hybridized carbons (Fsp3) is 0.600. The standard InChI is InChI=1S/C20H28O8/c1-4-13(12-7-5-11(6-8-12)9-10(2)3)19(26)28-20-16(23)14(21)15(22)17(27-20)18(24)25/h5-8,10,13-17,20-23H,4,9H2,1-3H3,(H,24,25)/t13-,14-,15-,16+,17-,20-/m0/s1. The lowest BCUT2D eigenvalue weighted by Crippen LogP contribution is -2.60. The molecule has 4 N–H and O–H groups in total. The maximum absolute atomic E-state index is 12.6. The van der Waals surface area contributed by atoms with Gasteiger partial charge >= 0.3 is 11.9 Å². The summed E-state index contributed by atoms with van der Waals surface area (Å²) in [7, 11) is 0. The molecule has 1 aromatic carbocycles. The zero-order valence-corrected chi connectivity index (χ0v) is 16.2. The summed E-state index contributed by atoms with van der Waals surface area (Å²) in [6.07, 6.45) is -7.59.